The number of sulfonamides is 1. The standard InChI is InChI=1S/C26H26F3NO6S/c1-16(2)30(37(33,34)24-14-9-18(4)35-24)21-7-5-6-8-22(21)36-25(26(27,28)29)20-12-10-19(15-17(20)3)11-13-23(31)32/h5-16,25H,1-4H3,(H,31,32). The predicted molar refractivity (Wildman–Crippen MR) is 132 cm³/mol. The van der Waals surface area contributed by atoms with Crippen LogP contribution in [0, 0.1) is 13.8 Å². The average molecular weight is 538 g/mol. The van der Waals surface area contributed by atoms with Gasteiger partial charge >= 0.3 is 12.1 Å². The fourth-order valence-electron chi connectivity index (χ4n) is 3.77. The predicted octanol–water partition coefficient (Wildman–Crippen LogP) is 6.28. The van der Waals surface area contributed by atoms with Crippen molar-refractivity contribution in [3.63, 3.8) is 0 Å². The van der Waals surface area contributed by atoms with Crippen LogP contribution >= 0.6 is 0 Å². The number of halogens is 3. The minimum atomic E-state index is -4.85. The highest BCUT2D eigenvalue weighted by Gasteiger charge is 2.44. The van der Waals surface area contributed by atoms with E-state index in [1.54, 1.807) is 20.8 Å². The Morgan fingerprint density at radius 3 is 2.30 bits per heavy atom. The molecule has 1 heterocycles. The number of aliphatic carboxylic acids is 1. The van der Waals surface area contributed by atoms with Gasteiger partial charge in [-0.25, -0.2) is 4.79 Å². The molecule has 198 valence electrons. The van der Waals surface area contributed by atoms with E-state index in [2.05, 4.69) is 0 Å². The van der Waals surface area contributed by atoms with E-state index in [0.29, 0.717) is 11.3 Å². The number of hydrogen-bond acceptors (Lipinski definition) is 5. The highest BCUT2D eigenvalue weighted by molar-refractivity contribution is 7.92. The number of aryl methyl sites for hydroxylation is 2. The summed E-state index contributed by atoms with van der Waals surface area (Å²) >= 11 is 0. The molecule has 1 N–H and O–H groups in total. The second kappa shape index (κ2) is 10.7. The number of anilines is 1. The summed E-state index contributed by atoms with van der Waals surface area (Å²) in [6.45, 7) is 6.19. The van der Waals surface area contributed by atoms with E-state index in [4.69, 9.17) is 14.3 Å². The Hall–Kier alpha value is -3.73. The van der Waals surface area contributed by atoms with E-state index in [-0.39, 0.29) is 27.7 Å². The molecule has 0 fully saturated rings. The molecule has 0 radical (unpaired) electrons. The van der Waals surface area contributed by atoms with Crippen LogP contribution in [0.1, 0.15) is 42.4 Å². The van der Waals surface area contributed by atoms with Crippen LogP contribution in [0.3, 0.4) is 0 Å². The van der Waals surface area contributed by atoms with Gasteiger partial charge < -0.3 is 14.3 Å². The molecule has 1 atom stereocenters. The van der Waals surface area contributed by atoms with Crippen molar-refractivity contribution >= 4 is 27.8 Å². The second-order valence-corrected chi connectivity index (χ2v) is 10.3. The Labute approximate surface area is 212 Å². The molecule has 11 heteroatoms. The van der Waals surface area contributed by atoms with Crippen LogP contribution in [0.15, 0.2) is 70.2 Å². The third-order valence-electron chi connectivity index (χ3n) is 5.34. The van der Waals surface area contributed by atoms with Crippen molar-refractivity contribution in [1.82, 2.24) is 0 Å². The Kier molecular flexibility index (Phi) is 8.06. The van der Waals surface area contributed by atoms with Gasteiger partial charge in [-0.1, -0.05) is 30.3 Å². The molecular formula is C26H26F3NO6S. The number of carboxylic acids is 1. The number of alkyl halides is 3. The molecule has 0 aliphatic rings. The molecule has 0 bridgehead atoms. The van der Waals surface area contributed by atoms with Crippen LogP contribution in [0.25, 0.3) is 6.08 Å². The molecule has 0 saturated heterocycles. The molecule has 1 unspecified atom stereocenters. The monoisotopic (exact) mass is 537 g/mol. The molecule has 1 aromatic heterocycles. The molecule has 2 aromatic carbocycles. The zero-order valence-corrected chi connectivity index (χ0v) is 21.3. The molecule has 0 aliphatic carbocycles. The number of furan rings is 1. The number of benzene rings is 2. The van der Waals surface area contributed by atoms with Crippen molar-refractivity contribution in [3.8, 4) is 5.75 Å². The third-order valence-corrected chi connectivity index (χ3v) is 7.20. The summed E-state index contributed by atoms with van der Waals surface area (Å²) in [5.74, 6) is -1.12. The number of ether oxygens (including phenoxy) is 1. The van der Waals surface area contributed by atoms with Crippen molar-refractivity contribution in [2.24, 2.45) is 0 Å². The summed E-state index contributed by atoms with van der Waals surface area (Å²) in [5.41, 5.74) is 0.331. The van der Waals surface area contributed by atoms with Crippen molar-refractivity contribution < 1.29 is 40.6 Å². The molecule has 37 heavy (non-hydrogen) atoms. The molecule has 3 rings (SSSR count). The lowest BCUT2D eigenvalue weighted by Gasteiger charge is -2.31. The first-order valence-corrected chi connectivity index (χ1v) is 12.6. The topological polar surface area (TPSA) is 97.0 Å². The Balaban J connectivity index is 2.08. The quantitative estimate of drug-likeness (QED) is 0.323. The van der Waals surface area contributed by atoms with Crippen LogP contribution in [0.5, 0.6) is 5.75 Å². The molecule has 0 spiro atoms. The summed E-state index contributed by atoms with van der Waals surface area (Å²) in [6.07, 6.45) is -5.13. The van der Waals surface area contributed by atoms with Gasteiger partial charge in [0.15, 0.2) is 0 Å². The Morgan fingerprint density at radius 1 is 1.08 bits per heavy atom. The number of hydrogen-bond donors (Lipinski definition) is 1. The summed E-state index contributed by atoms with van der Waals surface area (Å²) in [5, 5.41) is 8.44. The van der Waals surface area contributed by atoms with Gasteiger partial charge in [0, 0.05) is 17.7 Å². The molecule has 0 aliphatic heterocycles. The van der Waals surface area contributed by atoms with Crippen LogP contribution in [-0.4, -0.2) is 31.7 Å². The first-order chi connectivity index (χ1) is 17.2. The minimum absolute atomic E-state index is 0.0838. The number of nitrogens with zero attached hydrogens (tertiary/aromatic N) is 1. The normalized spacial score (nSPS) is 13.2. The summed E-state index contributed by atoms with van der Waals surface area (Å²) in [4.78, 5) is 10.8. The summed E-state index contributed by atoms with van der Waals surface area (Å²) in [7, 11) is -4.27. The highest BCUT2D eigenvalue weighted by Crippen LogP contribution is 2.42. The number of rotatable bonds is 9. The SMILES string of the molecule is Cc1ccc(S(=O)(=O)N(c2ccccc2OC(c2ccc(C=CC(=O)O)cc2C)C(F)(F)F)C(C)C)o1. The van der Waals surface area contributed by atoms with Gasteiger partial charge in [-0.3, -0.25) is 4.31 Å². The first-order valence-electron chi connectivity index (χ1n) is 11.2. The lowest BCUT2D eigenvalue weighted by molar-refractivity contribution is -0.198. The molecule has 3 aromatic rings. The maximum atomic E-state index is 14.3. The maximum Gasteiger partial charge on any atom is 0.429 e. The van der Waals surface area contributed by atoms with Gasteiger partial charge in [-0.15, -0.1) is 0 Å². The van der Waals surface area contributed by atoms with Crippen molar-refractivity contribution in [1.29, 1.82) is 0 Å². The highest BCUT2D eigenvalue weighted by atomic mass is 32.2. The second-order valence-electron chi connectivity index (χ2n) is 8.55. The van der Waals surface area contributed by atoms with Gasteiger partial charge in [0.1, 0.15) is 11.5 Å². The number of carboxylic acid groups (broad SMARTS) is 1. The fraction of sp³-hybridized carbons (Fsp3) is 0.269. The number of para-hydroxylation sites is 2. The van der Waals surface area contributed by atoms with Gasteiger partial charge in [0.05, 0.1) is 5.69 Å². The van der Waals surface area contributed by atoms with E-state index < -0.39 is 34.3 Å². The first kappa shape index (κ1) is 27.9. The van der Waals surface area contributed by atoms with E-state index in [1.165, 1.54) is 67.6 Å². The van der Waals surface area contributed by atoms with Gasteiger partial charge in [0.2, 0.25) is 11.2 Å². The Morgan fingerprint density at radius 2 is 1.76 bits per heavy atom. The largest absolute Gasteiger partial charge is 0.478 e. The molecular weight excluding hydrogens is 511 g/mol. The summed E-state index contributed by atoms with van der Waals surface area (Å²) in [6, 6.07) is 11.6. The van der Waals surface area contributed by atoms with Crippen LogP contribution in [0.4, 0.5) is 18.9 Å². The van der Waals surface area contributed by atoms with Gasteiger partial charge in [0.25, 0.3) is 10.0 Å². The van der Waals surface area contributed by atoms with E-state index in [9.17, 15) is 26.4 Å². The van der Waals surface area contributed by atoms with Crippen LogP contribution < -0.4 is 9.04 Å². The van der Waals surface area contributed by atoms with Crippen molar-refractivity contribution in [2.75, 3.05) is 4.31 Å². The molecule has 7 nitrogen and oxygen atoms in total. The van der Waals surface area contributed by atoms with Crippen LogP contribution in [-0.2, 0) is 14.8 Å². The fourth-order valence-corrected chi connectivity index (χ4v) is 5.41. The maximum absolute atomic E-state index is 14.3. The zero-order chi connectivity index (χ0) is 27.5. The van der Waals surface area contributed by atoms with Crippen LogP contribution in [0.2, 0.25) is 0 Å². The number of carbonyl (C=O) groups is 1. The smallest absolute Gasteiger partial charge is 0.429 e. The zero-order valence-electron chi connectivity index (χ0n) is 20.5. The Bertz CT molecular complexity index is 1410. The third kappa shape index (κ3) is 6.34. The molecule has 0 amide bonds. The van der Waals surface area contributed by atoms with Crippen molar-refractivity contribution in [2.45, 2.75) is 51.1 Å². The van der Waals surface area contributed by atoms with Crippen molar-refractivity contribution in [3.05, 3.63) is 83.1 Å². The molecule has 0 saturated carbocycles. The minimum Gasteiger partial charge on any atom is -0.478 e. The summed E-state index contributed by atoms with van der Waals surface area (Å²) < 4.78 is 81.3. The lowest BCUT2D eigenvalue weighted by Crippen LogP contribution is -2.37. The van der Waals surface area contributed by atoms with E-state index in [0.717, 1.165) is 10.4 Å². The average Bonchev–Trinajstić information content (AvgIpc) is 3.24. The van der Waals surface area contributed by atoms with Gasteiger partial charge in [-0.05, 0) is 69.2 Å². The van der Waals surface area contributed by atoms with E-state index in [1.807, 2.05) is 0 Å². The van der Waals surface area contributed by atoms with Gasteiger partial charge in [-0.2, -0.15) is 21.6 Å². The lowest BCUT2D eigenvalue weighted by atomic mass is 9.99. The van der Waals surface area contributed by atoms with E-state index >= 15 is 0 Å².